The van der Waals surface area contributed by atoms with Gasteiger partial charge in [0.25, 0.3) is 0 Å². The summed E-state index contributed by atoms with van der Waals surface area (Å²) < 4.78 is 36.6. The molecule has 1 saturated heterocycles. The first-order valence-corrected chi connectivity index (χ1v) is 7.31. The number of nitrogens with two attached hydrogens (primary N) is 1. The average Bonchev–Trinajstić information content (AvgIpc) is 3.12. The summed E-state index contributed by atoms with van der Waals surface area (Å²) in [6.45, 7) is -0.664. The second-order valence-corrected chi connectivity index (χ2v) is 5.51. The SMILES string of the molecule is COc1nc(N)nc2c1ncn2[C@@H]1O[C@H](CO)[C@@H](O)[C@]1(O)C=C=C(F)F. The molecule has 3 heterocycles. The largest absolute Gasteiger partial charge is 0.479 e. The molecule has 0 amide bonds. The predicted octanol–water partition coefficient (Wildman–Crippen LogP) is -0.666. The molecule has 10 nitrogen and oxygen atoms in total. The van der Waals surface area contributed by atoms with E-state index in [9.17, 15) is 24.1 Å². The van der Waals surface area contributed by atoms with Crippen LogP contribution in [0.4, 0.5) is 14.7 Å². The van der Waals surface area contributed by atoms with E-state index in [1.807, 2.05) is 0 Å². The van der Waals surface area contributed by atoms with Gasteiger partial charge in [0.15, 0.2) is 23.0 Å². The maximum Gasteiger partial charge on any atom is 0.312 e. The number of aromatic nitrogens is 4. The maximum absolute atomic E-state index is 12.5. The van der Waals surface area contributed by atoms with Crippen LogP contribution in [-0.4, -0.2) is 66.4 Å². The predicted molar refractivity (Wildman–Crippen MR) is 82.1 cm³/mol. The van der Waals surface area contributed by atoms with Gasteiger partial charge < -0.3 is 30.5 Å². The third kappa shape index (κ3) is 2.79. The Morgan fingerprint density at radius 1 is 1.54 bits per heavy atom. The minimum Gasteiger partial charge on any atom is -0.479 e. The molecular formula is C14H15F2N5O5. The Balaban J connectivity index is 2.19. The van der Waals surface area contributed by atoms with Crippen molar-refractivity contribution in [3.63, 3.8) is 0 Å². The van der Waals surface area contributed by atoms with E-state index >= 15 is 0 Å². The number of halogens is 2. The Morgan fingerprint density at radius 2 is 2.27 bits per heavy atom. The molecule has 0 bridgehead atoms. The first kappa shape index (κ1) is 18.2. The summed E-state index contributed by atoms with van der Waals surface area (Å²) in [5, 5.41) is 30.4. The number of hydrogen-bond donors (Lipinski definition) is 4. The lowest BCUT2D eigenvalue weighted by Crippen LogP contribution is -2.45. The van der Waals surface area contributed by atoms with Crippen LogP contribution in [0.25, 0.3) is 11.2 Å². The highest BCUT2D eigenvalue weighted by Crippen LogP contribution is 2.41. The summed E-state index contributed by atoms with van der Waals surface area (Å²) in [5.74, 6) is -0.112. The van der Waals surface area contributed by atoms with Gasteiger partial charge in [-0.05, 0) is 0 Å². The van der Waals surface area contributed by atoms with Crippen molar-refractivity contribution in [2.45, 2.75) is 24.0 Å². The summed E-state index contributed by atoms with van der Waals surface area (Å²) >= 11 is 0. The van der Waals surface area contributed by atoms with Gasteiger partial charge in [-0.15, -0.1) is 0 Å². The van der Waals surface area contributed by atoms with Gasteiger partial charge in [-0.2, -0.15) is 18.7 Å². The van der Waals surface area contributed by atoms with E-state index in [-0.39, 0.29) is 23.0 Å². The van der Waals surface area contributed by atoms with E-state index < -0.39 is 36.7 Å². The van der Waals surface area contributed by atoms with Crippen LogP contribution in [0.15, 0.2) is 24.2 Å². The van der Waals surface area contributed by atoms with Crippen LogP contribution < -0.4 is 10.5 Å². The number of rotatable bonds is 4. The quantitative estimate of drug-likeness (QED) is 0.514. The van der Waals surface area contributed by atoms with Gasteiger partial charge in [-0.25, -0.2) is 4.98 Å². The number of nitrogen functional groups attached to an aromatic ring is 1. The van der Waals surface area contributed by atoms with Crippen molar-refractivity contribution < 1.29 is 33.6 Å². The Morgan fingerprint density at radius 3 is 2.88 bits per heavy atom. The molecule has 3 rings (SSSR count). The second kappa shape index (κ2) is 6.59. The fourth-order valence-corrected chi connectivity index (χ4v) is 2.77. The minimum atomic E-state index is -2.35. The van der Waals surface area contributed by atoms with Crippen LogP contribution in [0.5, 0.6) is 5.88 Å². The highest BCUT2D eigenvalue weighted by atomic mass is 19.3. The van der Waals surface area contributed by atoms with E-state index in [2.05, 4.69) is 15.0 Å². The molecule has 12 heteroatoms. The zero-order valence-electron chi connectivity index (χ0n) is 13.4. The zero-order chi connectivity index (χ0) is 19.1. The topological polar surface area (TPSA) is 149 Å². The summed E-state index contributed by atoms with van der Waals surface area (Å²) in [6.07, 6.45) is -4.87. The number of ether oxygens (including phenoxy) is 2. The zero-order valence-corrected chi connectivity index (χ0v) is 13.4. The van der Waals surface area contributed by atoms with Crippen LogP contribution in [0.1, 0.15) is 6.23 Å². The molecule has 0 radical (unpaired) electrons. The summed E-state index contributed by atoms with van der Waals surface area (Å²) in [7, 11) is 1.34. The first-order valence-electron chi connectivity index (χ1n) is 7.31. The van der Waals surface area contributed by atoms with E-state index in [1.165, 1.54) is 18.0 Å². The third-order valence-electron chi connectivity index (χ3n) is 3.97. The fourth-order valence-electron chi connectivity index (χ4n) is 2.77. The second-order valence-electron chi connectivity index (χ2n) is 5.51. The molecule has 0 aromatic carbocycles. The van der Waals surface area contributed by atoms with Crippen molar-refractivity contribution in [3.8, 4) is 5.88 Å². The molecule has 2 aromatic rings. The maximum atomic E-state index is 12.5. The van der Waals surface area contributed by atoms with Crippen molar-refractivity contribution >= 4 is 17.1 Å². The van der Waals surface area contributed by atoms with Crippen LogP contribution in [0, 0.1) is 0 Å². The minimum absolute atomic E-state index is 0.0530. The van der Waals surface area contributed by atoms with Crippen LogP contribution >= 0.6 is 0 Å². The number of anilines is 1. The van der Waals surface area contributed by atoms with Gasteiger partial charge >= 0.3 is 6.08 Å². The molecule has 5 N–H and O–H groups in total. The Kier molecular flexibility index (Phi) is 4.61. The van der Waals surface area contributed by atoms with Crippen molar-refractivity contribution in [2.75, 3.05) is 19.5 Å². The molecule has 4 atom stereocenters. The Hall–Kier alpha value is -2.63. The molecule has 2 aromatic heterocycles. The molecule has 0 spiro atoms. The molecule has 26 heavy (non-hydrogen) atoms. The fraction of sp³-hybridized carbons (Fsp3) is 0.429. The smallest absolute Gasteiger partial charge is 0.312 e. The highest BCUT2D eigenvalue weighted by molar-refractivity contribution is 5.77. The lowest BCUT2D eigenvalue weighted by Gasteiger charge is -2.27. The van der Waals surface area contributed by atoms with Crippen LogP contribution in [0.2, 0.25) is 0 Å². The summed E-state index contributed by atoms with van der Waals surface area (Å²) in [5.41, 5.74) is 5.06. The number of fused-ring (bicyclic) bond motifs is 1. The molecule has 1 aliphatic rings. The van der Waals surface area contributed by atoms with Crippen LogP contribution in [0.3, 0.4) is 0 Å². The molecule has 0 aliphatic carbocycles. The van der Waals surface area contributed by atoms with Gasteiger partial charge in [0.1, 0.15) is 12.2 Å². The van der Waals surface area contributed by atoms with Crippen molar-refractivity contribution in [3.05, 3.63) is 24.2 Å². The molecular weight excluding hydrogens is 356 g/mol. The molecule has 0 unspecified atom stereocenters. The van der Waals surface area contributed by atoms with E-state index in [0.717, 1.165) is 0 Å². The summed E-state index contributed by atoms with van der Waals surface area (Å²) in [4.78, 5) is 11.9. The number of imidazole rings is 1. The van der Waals surface area contributed by atoms with Crippen molar-refractivity contribution in [2.24, 2.45) is 0 Å². The number of aliphatic hydroxyl groups is 3. The normalized spacial score (nSPS) is 28.2. The molecule has 0 saturated carbocycles. The summed E-state index contributed by atoms with van der Waals surface area (Å²) in [6, 6.07) is 0. The lowest BCUT2D eigenvalue weighted by molar-refractivity contribution is -0.0772. The number of hydrogen-bond acceptors (Lipinski definition) is 9. The van der Waals surface area contributed by atoms with Crippen LogP contribution in [-0.2, 0) is 4.74 Å². The van der Waals surface area contributed by atoms with Gasteiger partial charge in [-0.1, -0.05) is 5.73 Å². The molecule has 1 fully saturated rings. The van der Waals surface area contributed by atoms with E-state index in [1.54, 1.807) is 5.73 Å². The standard InChI is InChI=1S/C14H15F2N5O5/c1-25-11-8-10(19-13(17)20-11)21(5-18-8)12-14(24,3-2-7(15)16)9(23)6(4-22)26-12/h3,5-6,9,12,22-24H,4H2,1H3,(H2,17,19,20)/t6-,9-,12-,14-/m1/s1. The molecule has 140 valence electrons. The Bertz CT molecular complexity index is 895. The van der Waals surface area contributed by atoms with Gasteiger partial charge in [0.2, 0.25) is 11.8 Å². The first-order chi connectivity index (χ1) is 12.3. The van der Waals surface area contributed by atoms with E-state index in [0.29, 0.717) is 6.08 Å². The monoisotopic (exact) mass is 371 g/mol. The van der Waals surface area contributed by atoms with Gasteiger partial charge in [-0.3, -0.25) is 4.57 Å². The third-order valence-corrected chi connectivity index (χ3v) is 3.97. The van der Waals surface area contributed by atoms with Gasteiger partial charge in [0, 0.05) is 6.08 Å². The Labute approximate surface area is 144 Å². The number of methoxy groups -OCH3 is 1. The lowest BCUT2D eigenvalue weighted by atomic mass is 9.94. The highest BCUT2D eigenvalue weighted by Gasteiger charge is 2.55. The van der Waals surface area contributed by atoms with Crippen molar-refractivity contribution in [1.29, 1.82) is 0 Å². The van der Waals surface area contributed by atoms with Crippen molar-refractivity contribution in [1.82, 2.24) is 19.5 Å². The molecule has 1 aliphatic heterocycles. The average molecular weight is 371 g/mol. The van der Waals surface area contributed by atoms with E-state index in [4.69, 9.17) is 15.2 Å². The van der Waals surface area contributed by atoms with Gasteiger partial charge in [0.05, 0.1) is 20.0 Å². The number of nitrogens with zero attached hydrogens (tertiary/aromatic N) is 4. The number of aliphatic hydroxyl groups excluding tert-OH is 2.